The van der Waals surface area contributed by atoms with Crippen molar-refractivity contribution in [2.24, 2.45) is 0 Å². The standard InChI is InChI=1S/C24H31N5O8/c1-12(30)20(24(36)37)29-23(35)17(9-13-11-26-15-6-3-2-5-14(13)15)27-22(34)18(10-19(31)32)28-21(33)16-7-4-8-25-16/h2-3,5-6,11-12,16-18,20,25-26,30H,4,7-10H2,1H3,(H,27,34)(H,28,33)(H,29,35)(H,31,32)(H,36,37). The number of aromatic nitrogens is 1. The van der Waals surface area contributed by atoms with E-state index in [1.54, 1.807) is 18.3 Å². The average Bonchev–Trinajstić information content (AvgIpc) is 3.51. The van der Waals surface area contributed by atoms with Crippen molar-refractivity contribution in [1.29, 1.82) is 0 Å². The van der Waals surface area contributed by atoms with Crippen molar-refractivity contribution >= 4 is 40.6 Å². The Hall–Kier alpha value is -3.97. The van der Waals surface area contributed by atoms with Crippen molar-refractivity contribution < 1.29 is 39.3 Å². The number of carboxylic acid groups (broad SMARTS) is 2. The molecule has 5 atom stereocenters. The van der Waals surface area contributed by atoms with Gasteiger partial charge in [-0.25, -0.2) is 4.79 Å². The maximum atomic E-state index is 13.1. The molecular weight excluding hydrogens is 486 g/mol. The van der Waals surface area contributed by atoms with Crippen molar-refractivity contribution in [2.75, 3.05) is 6.54 Å². The van der Waals surface area contributed by atoms with E-state index in [1.165, 1.54) is 6.92 Å². The molecule has 2 aromatic rings. The Morgan fingerprint density at radius 1 is 1.03 bits per heavy atom. The first-order valence-corrected chi connectivity index (χ1v) is 11.9. The van der Waals surface area contributed by atoms with E-state index in [9.17, 15) is 39.3 Å². The number of fused-ring (bicyclic) bond motifs is 1. The molecule has 1 aromatic carbocycles. The Morgan fingerprint density at radius 2 is 1.73 bits per heavy atom. The van der Waals surface area contributed by atoms with Crippen molar-refractivity contribution in [2.45, 2.75) is 62.9 Å². The lowest BCUT2D eigenvalue weighted by Crippen LogP contribution is -2.59. The smallest absolute Gasteiger partial charge is 0.328 e. The van der Waals surface area contributed by atoms with E-state index in [4.69, 9.17) is 0 Å². The summed E-state index contributed by atoms with van der Waals surface area (Å²) in [6.45, 7) is 1.82. The zero-order chi connectivity index (χ0) is 27.1. The molecule has 13 nitrogen and oxygen atoms in total. The summed E-state index contributed by atoms with van der Waals surface area (Å²) < 4.78 is 0. The Balaban J connectivity index is 1.84. The van der Waals surface area contributed by atoms with Crippen LogP contribution in [0, 0.1) is 0 Å². The summed E-state index contributed by atoms with van der Waals surface area (Å²) in [5, 5.41) is 39.3. The number of aliphatic hydroxyl groups excluding tert-OH is 1. The highest BCUT2D eigenvalue weighted by Gasteiger charge is 2.34. The number of rotatable bonds is 12. The van der Waals surface area contributed by atoms with Gasteiger partial charge in [0.15, 0.2) is 6.04 Å². The molecule has 1 aliphatic heterocycles. The average molecular weight is 518 g/mol. The molecule has 0 aliphatic carbocycles. The summed E-state index contributed by atoms with van der Waals surface area (Å²) in [6.07, 6.45) is 0.707. The fraction of sp³-hybridized carbons (Fsp3) is 0.458. The number of para-hydroxylation sites is 1. The SMILES string of the molecule is CC(O)C(NC(=O)C(Cc1c[nH]c2ccccc12)NC(=O)C(CC(=O)O)NC(=O)C1CCCN1)C(=O)O. The summed E-state index contributed by atoms with van der Waals surface area (Å²) in [7, 11) is 0. The van der Waals surface area contributed by atoms with Gasteiger partial charge < -0.3 is 41.6 Å². The molecule has 2 heterocycles. The third-order valence-corrected chi connectivity index (χ3v) is 6.17. The normalized spacial score (nSPS) is 18.4. The molecule has 3 rings (SSSR count). The highest BCUT2D eigenvalue weighted by molar-refractivity contribution is 5.96. The minimum absolute atomic E-state index is 0.0777. The van der Waals surface area contributed by atoms with Crippen LogP contribution in [0.4, 0.5) is 0 Å². The van der Waals surface area contributed by atoms with Crippen LogP contribution in [0.25, 0.3) is 10.9 Å². The Morgan fingerprint density at radius 3 is 2.35 bits per heavy atom. The molecule has 5 unspecified atom stereocenters. The van der Waals surface area contributed by atoms with Gasteiger partial charge in [-0.2, -0.15) is 0 Å². The molecule has 1 aromatic heterocycles. The van der Waals surface area contributed by atoms with Crippen LogP contribution < -0.4 is 21.3 Å². The van der Waals surface area contributed by atoms with Crippen LogP contribution in [0.2, 0.25) is 0 Å². The molecule has 1 fully saturated rings. The van der Waals surface area contributed by atoms with Crippen LogP contribution in [-0.2, 0) is 30.4 Å². The lowest BCUT2D eigenvalue weighted by molar-refractivity contribution is -0.145. The second kappa shape index (κ2) is 12.3. The maximum Gasteiger partial charge on any atom is 0.328 e. The minimum Gasteiger partial charge on any atom is -0.481 e. The van der Waals surface area contributed by atoms with Gasteiger partial charge in [-0.15, -0.1) is 0 Å². The summed E-state index contributed by atoms with van der Waals surface area (Å²) in [5.74, 6) is -5.16. The molecule has 37 heavy (non-hydrogen) atoms. The zero-order valence-electron chi connectivity index (χ0n) is 20.2. The molecule has 0 saturated carbocycles. The maximum absolute atomic E-state index is 13.1. The third-order valence-electron chi connectivity index (χ3n) is 6.17. The van der Waals surface area contributed by atoms with Crippen molar-refractivity contribution in [3.63, 3.8) is 0 Å². The second-order valence-corrected chi connectivity index (χ2v) is 9.00. The van der Waals surface area contributed by atoms with Gasteiger partial charge in [-0.05, 0) is 37.9 Å². The molecule has 13 heteroatoms. The summed E-state index contributed by atoms with van der Waals surface area (Å²) >= 11 is 0. The minimum atomic E-state index is -1.64. The molecule has 0 spiro atoms. The van der Waals surface area contributed by atoms with Gasteiger partial charge in [0.25, 0.3) is 0 Å². The van der Waals surface area contributed by atoms with Gasteiger partial charge in [-0.1, -0.05) is 18.2 Å². The fourth-order valence-corrected chi connectivity index (χ4v) is 4.21. The number of amides is 3. The monoisotopic (exact) mass is 517 g/mol. The Kier molecular flexibility index (Phi) is 9.20. The van der Waals surface area contributed by atoms with Gasteiger partial charge in [-0.3, -0.25) is 19.2 Å². The lowest BCUT2D eigenvalue weighted by atomic mass is 10.0. The lowest BCUT2D eigenvalue weighted by Gasteiger charge is -2.25. The molecular formula is C24H31N5O8. The van der Waals surface area contributed by atoms with Crippen LogP contribution in [0.15, 0.2) is 30.5 Å². The van der Waals surface area contributed by atoms with Gasteiger partial charge in [0, 0.05) is 23.5 Å². The summed E-state index contributed by atoms with van der Waals surface area (Å²) in [4.78, 5) is 64.7. The number of H-pyrrole nitrogens is 1. The summed E-state index contributed by atoms with van der Waals surface area (Å²) in [6, 6.07) is 2.20. The van der Waals surface area contributed by atoms with E-state index in [0.29, 0.717) is 18.5 Å². The van der Waals surface area contributed by atoms with E-state index in [-0.39, 0.29) is 6.42 Å². The predicted octanol–water partition coefficient (Wildman–Crippen LogP) is -1.14. The number of carboxylic acids is 2. The van der Waals surface area contributed by atoms with Gasteiger partial charge in [0.05, 0.1) is 18.6 Å². The number of hydrogen-bond acceptors (Lipinski definition) is 7. The number of benzene rings is 1. The third kappa shape index (κ3) is 7.27. The topological polar surface area (TPSA) is 210 Å². The van der Waals surface area contributed by atoms with Crippen molar-refractivity contribution in [3.8, 4) is 0 Å². The van der Waals surface area contributed by atoms with Crippen LogP contribution in [0.1, 0.15) is 31.7 Å². The molecule has 0 bridgehead atoms. The molecule has 200 valence electrons. The van der Waals surface area contributed by atoms with Gasteiger partial charge >= 0.3 is 11.9 Å². The van der Waals surface area contributed by atoms with E-state index in [1.807, 2.05) is 12.1 Å². The first kappa shape index (κ1) is 27.6. The number of nitrogens with one attached hydrogen (secondary N) is 5. The van der Waals surface area contributed by atoms with Crippen LogP contribution in [-0.4, -0.2) is 86.8 Å². The number of hydrogen-bond donors (Lipinski definition) is 8. The number of aliphatic hydroxyl groups is 1. The van der Waals surface area contributed by atoms with Gasteiger partial charge in [0.2, 0.25) is 17.7 Å². The Bertz CT molecular complexity index is 1160. The van der Waals surface area contributed by atoms with E-state index >= 15 is 0 Å². The number of carbonyl (C=O) groups excluding carboxylic acids is 3. The largest absolute Gasteiger partial charge is 0.481 e. The van der Waals surface area contributed by atoms with Crippen LogP contribution in [0.5, 0.6) is 0 Å². The molecule has 3 amide bonds. The van der Waals surface area contributed by atoms with E-state index in [2.05, 4.69) is 26.3 Å². The van der Waals surface area contributed by atoms with Crippen molar-refractivity contribution in [1.82, 2.24) is 26.3 Å². The molecule has 0 radical (unpaired) electrons. The number of carbonyl (C=O) groups is 5. The first-order valence-electron chi connectivity index (χ1n) is 11.9. The van der Waals surface area contributed by atoms with Crippen LogP contribution in [0.3, 0.4) is 0 Å². The number of aromatic amines is 1. The van der Waals surface area contributed by atoms with E-state index < -0.39 is 66.4 Å². The zero-order valence-corrected chi connectivity index (χ0v) is 20.2. The number of aliphatic carboxylic acids is 2. The first-order chi connectivity index (χ1) is 17.6. The highest BCUT2D eigenvalue weighted by Crippen LogP contribution is 2.19. The van der Waals surface area contributed by atoms with Crippen LogP contribution >= 0.6 is 0 Å². The Labute approximate surface area is 212 Å². The fourth-order valence-electron chi connectivity index (χ4n) is 4.21. The highest BCUT2D eigenvalue weighted by atomic mass is 16.4. The summed E-state index contributed by atoms with van der Waals surface area (Å²) in [5.41, 5.74) is 1.41. The quantitative estimate of drug-likeness (QED) is 0.171. The van der Waals surface area contributed by atoms with E-state index in [0.717, 1.165) is 17.3 Å². The van der Waals surface area contributed by atoms with Crippen molar-refractivity contribution in [3.05, 3.63) is 36.0 Å². The van der Waals surface area contributed by atoms with Gasteiger partial charge in [0.1, 0.15) is 12.1 Å². The second-order valence-electron chi connectivity index (χ2n) is 9.00. The molecule has 1 saturated heterocycles. The molecule has 1 aliphatic rings. The molecule has 8 N–H and O–H groups in total. The predicted molar refractivity (Wildman–Crippen MR) is 130 cm³/mol.